The number of carbonyl (C=O) groups excluding carboxylic acids is 1. The Morgan fingerprint density at radius 1 is 1.30 bits per heavy atom. The number of hydrogen-bond donors (Lipinski definition) is 2. The van der Waals surface area contributed by atoms with E-state index in [9.17, 15) is 4.79 Å². The Hall–Kier alpha value is -2.20. The van der Waals surface area contributed by atoms with Crippen molar-refractivity contribution in [3.05, 3.63) is 58.6 Å². The third kappa shape index (κ3) is 3.13. The highest BCUT2D eigenvalue weighted by molar-refractivity contribution is 6.33. The minimum Gasteiger partial charge on any atom is -0.496 e. The number of nitrogens with one attached hydrogen (secondary N) is 1. The van der Waals surface area contributed by atoms with Gasteiger partial charge in [-0.2, -0.15) is 0 Å². The van der Waals surface area contributed by atoms with Crippen molar-refractivity contribution in [3.63, 3.8) is 0 Å². The average molecular weight is 331 g/mol. The van der Waals surface area contributed by atoms with E-state index in [1.54, 1.807) is 12.1 Å². The molecule has 1 aliphatic rings. The zero-order chi connectivity index (χ0) is 16.4. The molecule has 0 aromatic heterocycles. The summed E-state index contributed by atoms with van der Waals surface area (Å²) >= 11 is 6.02. The Balaban J connectivity index is 1.75. The fourth-order valence-corrected chi connectivity index (χ4v) is 2.93. The second kappa shape index (κ2) is 6.13. The lowest BCUT2D eigenvalue weighted by Crippen LogP contribution is -2.32. The molecule has 23 heavy (non-hydrogen) atoms. The van der Waals surface area contributed by atoms with Crippen LogP contribution in [0.25, 0.3) is 0 Å². The first-order valence-electron chi connectivity index (χ1n) is 7.52. The number of nitrogen functional groups attached to an aromatic ring is 1. The Labute approximate surface area is 140 Å². The van der Waals surface area contributed by atoms with Crippen LogP contribution < -0.4 is 15.8 Å². The van der Waals surface area contributed by atoms with Crippen LogP contribution in [0.15, 0.2) is 42.5 Å². The zero-order valence-electron chi connectivity index (χ0n) is 12.9. The SMILES string of the molecule is COc1cc(N)c(Cl)cc1C(=O)NCC1(c2ccccc2)CC1. The second-order valence-corrected chi connectivity index (χ2v) is 6.31. The van der Waals surface area contributed by atoms with E-state index in [1.807, 2.05) is 18.2 Å². The highest BCUT2D eigenvalue weighted by Crippen LogP contribution is 2.47. The van der Waals surface area contributed by atoms with Crippen LogP contribution in [0.4, 0.5) is 5.69 Å². The molecule has 2 aromatic carbocycles. The number of anilines is 1. The standard InChI is InChI=1S/C18H19ClN2O2/c1-23-16-10-15(20)14(19)9-13(16)17(22)21-11-18(7-8-18)12-5-3-2-4-6-12/h2-6,9-10H,7-8,11,20H2,1H3,(H,21,22). The average Bonchev–Trinajstić information content (AvgIpc) is 3.37. The van der Waals surface area contributed by atoms with Crippen molar-refractivity contribution in [2.75, 3.05) is 19.4 Å². The molecule has 1 saturated carbocycles. The summed E-state index contributed by atoms with van der Waals surface area (Å²) in [7, 11) is 1.51. The minimum atomic E-state index is -0.203. The molecule has 0 bridgehead atoms. The van der Waals surface area contributed by atoms with E-state index in [1.165, 1.54) is 12.7 Å². The summed E-state index contributed by atoms with van der Waals surface area (Å²) < 4.78 is 5.24. The van der Waals surface area contributed by atoms with Crippen LogP contribution in [-0.4, -0.2) is 19.6 Å². The van der Waals surface area contributed by atoms with E-state index in [0.717, 1.165) is 12.8 Å². The summed E-state index contributed by atoms with van der Waals surface area (Å²) in [6.45, 7) is 0.598. The molecule has 0 radical (unpaired) electrons. The van der Waals surface area contributed by atoms with Crippen LogP contribution in [0.5, 0.6) is 5.75 Å². The maximum Gasteiger partial charge on any atom is 0.255 e. The molecule has 120 valence electrons. The second-order valence-electron chi connectivity index (χ2n) is 5.90. The lowest BCUT2D eigenvalue weighted by molar-refractivity contribution is 0.0946. The number of benzene rings is 2. The molecule has 1 amide bonds. The van der Waals surface area contributed by atoms with Gasteiger partial charge in [0.1, 0.15) is 5.75 Å². The van der Waals surface area contributed by atoms with Gasteiger partial charge in [0.05, 0.1) is 23.4 Å². The molecule has 3 N–H and O–H groups in total. The van der Waals surface area contributed by atoms with E-state index in [-0.39, 0.29) is 11.3 Å². The van der Waals surface area contributed by atoms with E-state index in [2.05, 4.69) is 17.4 Å². The molecule has 4 nitrogen and oxygen atoms in total. The Morgan fingerprint density at radius 3 is 2.61 bits per heavy atom. The van der Waals surface area contributed by atoms with Gasteiger partial charge in [-0.05, 0) is 24.5 Å². The van der Waals surface area contributed by atoms with Crippen LogP contribution in [0.2, 0.25) is 5.02 Å². The molecule has 5 heteroatoms. The summed E-state index contributed by atoms with van der Waals surface area (Å²) in [5.41, 5.74) is 7.86. The number of ether oxygens (including phenoxy) is 1. The number of nitrogens with two attached hydrogens (primary N) is 1. The first-order chi connectivity index (χ1) is 11.1. The highest BCUT2D eigenvalue weighted by Gasteiger charge is 2.44. The van der Waals surface area contributed by atoms with E-state index in [0.29, 0.717) is 28.6 Å². The molecule has 1 aliphatic carbocycles. The van der Waals surface area contributed by atoms with Gasteiger partial charge in [0.25, 0.3) is 5.91 Å². The maximum absolute atomic E-state index is 12.5. The number of hydrogen-bond acceptors (Lipinski definition) is 3. The third-order valence-electron chi connectivity index (χ3n) is 4.39. The fraction of sp³-hybridized carbons (Fsp3) is 0.278. The van der Waals surface area contributed by atoms with Crippen LogP contribution >= 0.6 is 11.6 Å². The summed E-state index contributed by atoms with van der Waals surface area (Å²) in [5, 5.41) is 3.35. The number of methoxy groups -OCH3 is 1. The van der Waals surface area contributed by atoms with E-state index in [4.69, 9.17) is 22.1 Å². The molecule has 0 heterocycles. The Kier molecular flexibility index (Phi) is 4.18. The molecule has 2 aromatic rings. The summed E-state index contributed by atoms with van der Waals surface area (Å²) in [6.07, 6.45) is 2.16. The first-order valence-corrected chi connectivity index (χ1v) is 7.90. The minimum absolute atomic E-state index is 0.0573. The van der Waals surface area contributed by atoms with Crippen molar-refractivity contribution in [2.45, 2.75) is 18.3 Å². The molecule has 0 saturated heterocycles. The molecular weight excluding hydrogens is 312 g/mol. The van der Waals surface area contributed by atoms with Gasteiger partial charge in [-0.25, -0.2) is 0 Å². The largest absolute Gasteiger partial charge is 0.496 e. The third-order valence-corrected chi connectivity index (χ3v) is 4.72. The van der Waals surface area contributed by atoms with Crippen LogP contribution in [0.3, 0.4) is 0 Å². The van der Waals surface area contributed by atoms with Crippen molar-refractivity contribution in [1.82, 2.24) is 5.32 Å². The van der Waals surface area contributed by atoms with Crippen molar-refractivity contribution in [2.24, 2.45) is 0 Å². The van der Waals surface area contributed by atoms with Crippen molar-refractivity contribution in [3.8, 4) is 5.75 Å². The lowest BCUT2D eigenvalue weighted by Gasteiger charge is -2.17. The van der Waals surface area contributed by atoms with E-state index < -0.39 is 0 Å². The summed E-state index contributed by atoms with van der Waals surface area (Å²) in [5.74, 6) is 0.222. The van der Waals surface area contributed by atoms with Gasteiger partial charge < -0.3 is 15.8 Å². The van der Waals surface area contributed by atoms with Crippen molar-refractivity contribution >= 4 is 23.2 Å². The molecule has 3 rings (SSSR count). The van der Waals surface area contributed by atoms with Crippen LogP contribution in [0.1, 0.15) is 28.8 Å². The molecule has 0 atom stereocenters. The molecule has 1 fully saturated rings. The summed E-state index contributed by atoms with van der Waals surface area (Å²) in [4.78, 5) is 12.5. The van der Waals surface area contributed by atoms with Crippen molar-refractivity contribution in [1.29, 1.82) is 0 Å². The van der Waals surface area contributed by atoms with Gasteiger partial charge in [0.2, 0.25) is 0 Å². The smallest absolute Gasteiger partial charge is 0.255 e. The zero-order valence-corrected chi connectivity index (χ0v) is 13.7. The fourth-order valence-electron chi connectivity index (χ4n) is 2.77. The van der Waals surface area contributed by atoms with Gasteiger partial charge in [-0.1, -0.05) is 41.9 Å². The number of amides is 1. The molecule has 0 aliphatic heterocycles. The quantitative estimate of drug-likeness (QED) is 0.826. The van der Waals surface area contributed by atoms with Gasteiger partial charge in [0, 0.05) is 18.0 Å². The van der Waals surface area contributed by atoms with Gasteiger partial charge in [0.15, 0.2) is 0 Å². The molecular formula is C18H19ClN2O2. The number of halogens is 1. The normalized spacial score (nSPS) is 15.0. The first kappa shape index (κ1) is 15.7. The topological polar surface area (TPSA) is 64.3 Å². The number of carbonyl (C=O) groups is 1. The van der Waals surface area contributed by atoms with Gasteiger partial charge in [-0.15, -0.1) is 0 Å². The Bertz CT molecular complexity index is 727. The lowest BCUT2D eigenvalue weighted by atomic mass is 9.96. The predicted octanol–water partition coefficient (Wildman–Crippen LogP) is 3.39. The number of rotatable bonds is 5. The summed E-state index contributed by atoms with van der Waals surface area (Å²) in [6, 6.07) is 13.4. The maximum atomic E-state index is 12.5. The molecule has 0 unspecified atom stereocenters. The van der Waals surface area contributed by atoms with E-state index >= 15 is 0 Å². The predicted molar refractivity (Wildman–Crippen MR) is 92.1 cm³/mol. The van der Waals surface area contributed by atoms with Gasteiger partial charge in [-0.3, -0.25) is 4.79 Å². The highest BCUT2D eigenvalue weighted by atomic mass is 35.5. The van der Waals surface area contributed by atoms with Crippen LogP contribution in [-0.2, 0) is 5.41 Å². The monoisotopic (exact) mass is 330 g/mol. The molecule has 0 spiro atoms. The van der Waals surface area contributed by atoms with Crippen molar-refractivity contribution < 1.29 is 9.53 Å². The van der Waals surface area contributed by atoms with Crippen LogP contribution in [0, 0.1) is 0 Å². The van der Waals surface area contributed by atoms with Gasteiger partial charge >= 0.3 is 0 Å². The Morgan fingerprint density at radius 2 is 2.00 bits per heavy atom.